The van der Waals surface area contributed by atoms with Crippen LogP contribution in [-0.2, 0) is 0 Å². The number of hydrogen-bond donors (Lipinski definition) is 2. The number of nitrogens with one attached hydrogen (secondary N) is 2. The number of carbonyl (C=O) groups excluding carboxylic acids is 1. The third kappa shape index (κ3) is 5.63. The van der Waals surface area contributed by atoms with Gasteiger partial charge in [0.25, 0.3) is 5.91 Å². The van der Waals surface area contributed by atoms with Gasteiger partial charge in [-0.05, 0) is 37.6 Å². The van der Waals surface area contributed by atoms with Crippen molar-refractivity contribution >= 4 is 11.9 Å². The van der Waals surface area contributed by atoms with Crippen LogP contribution in [0.15, 0.2) is 36.5 Å². The minimum atomic E-state index is -4.77. The van der Waals surface area contributed by atoms with Crippen molar-refractivity contribution in [3.8, 4) is 5.75 Å². The van der Waals surface area contributed by atoms with Crippen molar-refractivity contribution in [2.45, 2.75) is 26.3 Å². The molecule has 1 heterocycles. The van der Waals surface area contributed by atoms with Gasteiger partial charge in [-0.1, -0.05) is 12.1 Å². The van der Waals surface area contributed by atoms with Crippen LogP contribution in [0.1, 0.15) is 35.9 Å². The fourth-order valence-electron chi connectivity index (χ4n) is 2.06. The predicted octanol–water partition coefficient (Wildman–Crippen LogP) is 3.30. The molecule has 1 atom stereocenters. The SMILES string of the molecule is CCNc1nccc(C(=O)NC(C)c2cccc(OC(F)(F)F)c2)n1. The van der Waals surface area contributed by atoms with Gasteiger partial charge in [0, 0.05) is 12.7 Å². The molecule has 6 nitrogen and oxygen atoms in total. The first-order valence-corrected chi connectivity index (χ1v) is 7.52. The van der Waals surface area contributed by atoms with Gasteiger partial charge in [-0.25, -0.2) is 9.97 Å². The summed E-state index contributed by atoms with van der Waals surface area (Å²) in [6.07, 6.45) is -3.32. The first-order chi connectivity index (χ1) is 11.8. The van der Waals surface area contributed by atoms with Crippen molar-refractivity contribution in [1.29, 1.82) is 0 Å². The molecule has 0 aliphatic rings. The second kappa shape index (κ2) is 7.82. The molecule has 0 saturated heterocycles. The van der Waals surface area contributed by atoms with Gasteiger partial charge in [0.2, 0.25) is 5.95 Å². The third-order valence-electron chi connectivity index (χ3n) is 3.16. The molecule has 2 aromatic rings. The molecule has 1 amide bonds. The lowest BCUT2D eigenvalue weighted by Crippen LogP contribution is -2.28. The summed E-state index contributed by atoms with van der Waals surface area (Å²) in [6.45, 7) is 4.12. The third-order valence-corrected chi connectivity index (χ3v) is 3.16. The Bertz CT molecular complexity index is 737. The summed E-state index contributed by atoms with van der Waals surface area (Å²) in [5, 5.41) is 5.57. The van der Waals surface area contributed by atoms with Crippen molar-refractivity contribution in [2.24, 2.45) is 0 Å². The average molecular weight is 354 g/mol. The van der Waals surface area contributed by atoms with E-state index in [4.69, 9.17) is 0 Å². The normalized spacial score (nSPS) is 12.4. The van der Waals surface area contributed by atoms with Crippen LogP contribution in [0.4, 0.5) is 19.1 Å². The Morgan fingerprint density at radius 1 is 1.32 bits per heavy atom. The molecule has 0 aliphatic heterocycles. The van der Waals surface area contributed by atoms with Crippen molar-refractivity contribution in [3.63, 3.8) is 0 Å². The lowest BCUT2D eigenvalue weighted by molar-refractivity contribution is -0.274. The Hall–Kier alpha value is -2.84. The van der Waals surface area contributed by atoms with Gasteiger partial charge in [-0.2, -0.15) is 0 Å². The van der Waals surface area contributed by atoms with E-state index in [1.807, 2.05) is 6.92 Å². The Morgan fingerprint density at radius 2 is 2.08 bits per heavy atom. The number of benzene rings is 1. The first-order valence-electron chi connectivity index (χ1n) is 7.52. The number of rotatable bonds is 6. The molecule has 1 unspecified atom stereocenters. The van der Waals surface area contributed by atoms with Crippen LogP contribution < -0.4 is 15.4 Å². The van der Waals surface area contributed by atoms with E-state index >= 15 is 0 Å². The lowest BCUT2D eigenvalue weighted by atomic mass is 10.1. The second-order valence-electron chi connectivity index (χ2n) is 5.11. The van der Waals surface area contributed by atoms with Gasteiger partial charge >= 0.3 is 6.36 Å². The maximum atomic E-state index is 12.3. The summed E-state index contributed by atoms with van der Waals surface area (Å²) in [4.78, 5) is 20.3. The number of amides is 1. The van der Waals surface area contributed by atoms with Crippen LogP contribution in [0.5, 0.6) is 5.75 Å². The van der Waals surface area contributed by atoms with Gasteiger partial charge in [-0.3, -0.25) is 4.79 Å². The van der Waals surface area contributed by atoms with Crippen molar-refractivity contribution < 1.29 is 22.7 Å². The summed E-state index contributed by atoms with van der Waals surface area (Å²) in [5.41, 5.74) is 0.622. The van der Waals surface area contributed by atoms with E-state index in [1.165, 1.54) is 30.5 Å². The monoisotopic (exact) mass is 354 g/mol. The summed E-state index contributed by atoms with van der Waals surface area (Å²) in [7, 11) is 0. The molecule has 0 bridgehead atoms. The molecule has 9 heteroatoms. The van der Waals surface area contributed by atoms with E-state index in [-0.39, 0.29) is 11.4 Å². The van der Waals surface area contributed by atoms with Crippen LogP contribution in [0.3, 0.4) is 0 Å². The molecular weight excluding hydrogens is 337 g/mol. The van der Waals surface area contributed by atoms with E-state index in [0.717, 1.165) is 0 Å². The zero-order valence-corrected chi connectivity index (χ0v) is 13.6. The number of anilines is 1. The van der Waals surface area contributed by atoms with E-state index < -0.39 is 18.3 Å². The fraction of sp³-hybridized carbons (Fsp3) is 0.312. The van der Waals surface area contributed by atoms with Crippen molar-refractivity contribution in [3.05, 3.63) is 47.8 Å². The van der Waals surface area contributed by atoms with Gasteiger partial charge in [0.05, 0.1) is 6.04 Å². The molecule has 1 aromatic heterocycles. The van der Waals surface area contributed by atoms with Crippen LogP contribution in [0, 0.1) is 0 Å². The molecule has 2 rings (SSSR count). The maximum Gasteiger partial charge on any atom is 0.573 e. The van der Waals surface area contributed by atoms with Crippen LogP contribution >= 0.6 is 0 Å². The molecule has 0 saturated carbocycles. The molecule has 0 radical (unpaired) electrons. The first kappa shape index (κ1) is 18.5. The average Bonchev–Trinajstić information content (AvgIpc) is 2.54. The van der Waals surface area contributed by atoms with E-state index in [2.05, 4.69) is 25.3 Å². The molecule has 2 N–H and O–H groups in total. The molecule has 0 aliphatic carbocycles. The van der Waals surface area contributed by atoms with Crippen LogP contribution in [-0.4, -0.2) is 28.8 Å². The molecular formula is C16H17F3N4O2. The maximum absolute atomic E-state index is 12.3. The highest BCUT2D eigenvalue weighted by Gasteiger charge is 2.31. The highest BCUT2D eigenvalue weighted by atomic mass is 19.4. The smallest absolute Gasteiger partial charge is 0.406 e. The van der Waals surface area contributed by atoms with E-state index in [1.54, 1.807) is 13.0 Å². The quantitative estimate of drug-likeness (QED) is 0.832. The zero-order chi connectivity index (χ0) is 18.4. The number of aromatic nitrogens is 2. The number of halogens is 3. The topological polar surface area (TPSA) is 76.1 Å². The summed E-state index contributed by atoms with van der Waals surface area (Å²) < 4.78 is 40.8. The standard InChI is InChI=1S/C16H17F3N4O2/c1-3-20-15-21-8-7-13(23-15)14(24)22-10(2)11-5-4-6-12(9-11)25-16(17,18)19/h4-10H,3H2,1-2H3,(H,22,24)(H,20,21,23). The van der Waals surface area contributed by atoms with Crippen LogP contribution in [0.25, 0.3) is 0 Å². The summed E-state index contributed by atoms with van der Waals surface area (Å²) in [6, 6.07) is 6.35. The molecule has 0 spiro atoms. The highest BCUT2D eigenvalue weighted by Crippen LogP contribution is 2.25. The van der Waals surface area contributed by atoms with E-state index in [0.29, 0.717) is 18.1 Å². The highest BCUT2D eigenvalue weighted by molar-refractivity contribution is 5.92. The Morgan fingerprint density at radius 3 is 2.76 bits per heavy atom. The lowest BCUT2D eigenvalue weighted by Gasteiger charge is -2.16. The van der Waals surface area contributed by atoms with Crippen molar-refractivity contribution in [1.82, 2.24) is 15.3 Å². The number of carbonyl (C=O) groups is 1. The molecule has 134 valence electrons. The Kier molecular flexibility index (Phi) is 5.79. The van der Waals surface area contributed by atoms with E-state index in [9.17, 15) is 18.0 Å². The van der Waals surface area contributed by atoms with Gasteiger partial charge in [0.1, 0.15) is 11.4 Å². The minimum absolute atomic E-state index is 0.153. The molecule has 1 aromatic carbocycles. The number of nitrogens with zero attached hydrogens (tertiary/aromatic N) is 2. The van der Waals surface area contributed by atoms with Gasteiger partial charge < -0.3 is 15.4 Å². The Labute approximate surface area is 142 Å². The number of ether oxygens (including phenoxy) is 1. The zero-order valence-electron chi connectivity index (χ0n) is 13.6. The second-order valence-corrected chi connectivity index (χ2v) is 5.11. The van der Waals surface area contributed by atoms with Crippen molar-refractivity contribution in [2.75, 3.05) is 11.9 Å². The molecule has 0 fully saturated rings. The number of hydrogen-bond acceptors (Lipinski definition) is 5. The minimum Gasteiger partial charge on any atom is -0.406 e. The largest absolute Gasteiger partial charge is 0.573 e. The van der Waals surface area contributed by atoms with Crippen LogP contribution in [0.2, 0.25) is 0 Å². The Balaban J connectivity index is 2.08. The van der Waals surface area contributed by atoms with Gasteiger partial charge in [-0.15, -0.1) is 13.2 Å². The van der Waals surface area contributed by atoms with Gasteiger partial charge in [0.15, 0.2) is 0 Å². The summed E-state index contributed by atoms with van der Waals surface area (Å²) in [5.74, 6) is -0.484. The summed E-state index contributed by atoms with van der Waals surface area (Å²) >= 11 is 0. The number of alkyl halides is 3. The predicted molar refractivity (Wildman–Crippen MR) is 85.2 cm³/mol. The molecule has 25 heavy (non-hydrogen) atoms. The fourth-order valence-corrected chi connectivity index (χ4v) is 2.06.